The molecule has 0 bridgehead atoms. The first-order chi connectivity index (χ1) is 7.84. The van der Waals surface area contributed by atoms with Gasteiger partial charge in [-0.15, -0.1) is 0 Å². The molecule has 0 aliphatic carbocycles. The van der Waals surface area contributed by atoms with Crippen molar-refractivity contribution in [2.45, 2.75) is 31.8 Å². The maximum atomic E-state index is 11.5. The van der Waals surface area contributed by atoms with E-state index >= 15 is 0 Å². The number of aromatic amines is 1. The van der Waals surface area contributed by atoms with Crippen LogP contribution in [-0.2, 0) is 16.0 Å². The number of rotatable bonds is 5. The SMILES string of the molecule is O=C(CCc1ccc[nH]1)NCC1CCCO1. The summed E-state index contributed by atoms with van der Waals surface area (Å²) in [5.41, 5.74) is 1.10. The summed E-state index contributed by atoms with van der Waals surface area (Å²) in [5.74, 6) is 0.102. The highest BCUT2D eigenvalue weighted by Gasteiger charge is 2.15. The van der Waals surface area contributed by atoms with E-state index in [-0.39, 0.29) is 12.0 Å². The minimum Gasteiger partial charge on any atom is -0.376 e. The molecule has 1 aromatic rings. The Balaban J connectivity index is 1.60. The summed E-state index contributed by atoms with van der Waals surface area (Å²) in [6.07, 6.45) is 5.59. The molecule has 1 amide bonds. The van der Waals surface area contributed by atoms with Crippen molar-refractivity contribution in [3.63, 3.8) is 0 Å². The number of nitrogens with one attached hydrogen (secondary N) is 2. The van der Waals surface area contributed by atoms with Crippen LogP contribution >= 0.6 is 0 Å². The summed E-state index contributed by atoms with van der Waals surface area (Å²) in [5, 5.41) is 2.91. The molecule has 1 fully saturated rings. The highest BCUT2D eigenvalue weighted by molar-refractivity contribution is 5.76. The molecule has 4 nitrogen and oxygen atoms in total. The number of aromatic nitrogens is 1. The fourth-order valence-electron chi connectivity index (χ4n) is 1.89. The van der Waals surface area contributed by atoms with Crippen LogP contribution in [0.5, 0.6) is 0 Å². The zero-order chi connectivity index (χ0) is 11.2. The van der Waals surface area contributed by atoms with Gasteiger partial charge in [-0.1, -0.05) is 0 Å². The first kappa shape index (κ1) is 11.2. The van der Waals surface area contributed by atoms with E-state index < -0.39 is 0 Å². The van der Waals surface area contributed by atoms with Gasteiger partial charge in [0.15, 0.2) is 0 Å². The predicted octanol–water partition coefficient (Wildman–Crippen LogP) is 1.24. The lowest BCUT2D eigenvalue weighted by molar-refractivity contribution is -0.121. The number of ether oxygens (including phenoxy) is 1. The second kappa shape index (κ2) is 5.70. The molecule has 1 aliphatic heterocycles. The fourth-order valence-corrected chi connectivity index (χ4v) is 1.89. The third kappa shape index (κ3) is 3.38. The molecule has 0 spiro atoms. The topological polar surface area (TPSA) is 54.1 Å². The molecule has 0 saturated carbocycles. The average molecular weight is 222 g/mol. The first-order valence-electron chi connectivity index (χ1n) is 5.85. The van der Waals surface area contributed by atoms with Crippen LogP contribution in [0, 0.1) is 0 Å². The van der Waals surface area contributed by atoms with Crippen molar-refractivity contribution in [2.75, 3.05) is 13.2 Å². The number of carbonyl (C=O) groups excluding carboxylic acids is 1. The molecule has 2 heterocycles. The molecule has 4 heteroatoms. The zero-order valence-electron chi connectivity index (χ0n) is 9.37. The summed E-state index contributed by atoms with van der Waals surface area (Å²) < 4.78 is 5.43. The zero-order valence-corrected chi connectivity index (χ0v) is 9.37. The van der Waals surface area contributed by atoms with Crippen molar-refractivity contribution >= 4 is 5.91 Å². The van der Waals surface area contributed by atoms with Gasteiger partial charge in [-0.2, -0.15) is 0 Å². The minimum atomic E-state index is 0.102. The summed E-state index contributed by atoms with van der Waals surface area (Å²) in [6.45, 7) is 1.49. The van der Waals surface area contributed by atoms with E-state index in [1.54, 1.807) is 0 Å². The fraction of sp³-hybridized carbons (Fsp3) is 0.583. The van der Waals surface area contributed by atoms with Crippen LogP contribution < -0.4 is 5.32 Å². The van der Waals surface area contributed by atoms with Crippen molar-refractivity contribution in [1.29, 1.82) is 0 Å². The highest BCUT2D eigenvalue weighted by Crippen LogP contribution is 2.10. The molecule has 2 N–H and O–H groups in total. The second-order valence-electron chi connectivity index (χ2n) is 4.13. The van der Waals surface area contributed by atoms with Gasteiger partial charge in [0.1, 0.15) is 0 Å². The van der Waals surface area contributed by atoms with Crippen molar-refractivity contribution in [3.8, 4) is 0 Å². The van der Waals surface area contributed by atoms with Gasteiger partial charge >= 0.3 is 0 Å². The van der Waals surface area contributed by atoms with E-state index in [0.717, 1.165) is 31.6 Å². The molecule has 1 atom stereocenters. The van der Waals surface area contributed by atoms with Gasteiger partial charge in [0, 0.05) is 31.5 Å². The molecule has 2 rings (SSSR count). The Morgan fingerprint density at radius 3 is 3.25 bits per heavy atom. The number of hydrogen-bond acceptors (Lipinski definition) is 2. The van der Waals surface area contributed by atoms with Crippen LogP contribution in [0.25, 0.3) is 0 Å². The van der Waals surface area contributed by atoms with Crippen LogP contribution in [0.2, 0.25) is 0 Å². The van der Waals surface area contributed by atoms with Crippen molar-refractivity contribution in [3.05, 3.63) is 24.0 Å². The van der Waals surface area contributed by atoms with Crippen LogP contribution in [-0.4, -0.2) is 30.1 Å². The molecule has 1 saturated heterocycles. The van der Waals surface area contributed by atoms with Crippen LogP contribution in [0.15, 0.2) is 18.3 Å². The average Bonchev–Trinajstić information content (AvgIpc) is 2.96. The van der Waals surface area contributed by atoms with E-state index in [9.17, 15) is 4.79 Å². The van der Waals surface area contributed by atoms with E-state index in [2.05, 4.69) is 10.3 Å². The van der Waals surface area contributed by atoms with Gasteiger partial charge in [0.2, 0.25) is 5.91 Å². The Bertz CT molecular complexity index is 316. The molecule has 1 unspecified atom stereocenters. The Hall–Kier alpha value is -1.29. The summed E-state index contributed by atoms with van der Waals surface area (Å²) >= 11 is 0. The lowest BCUT2D eigenvalue weighted by Gasteiger charge is -2.10. The van der Waals surface area contributed by atoms with E-state index in [0.29, 0.717) is 13.0 Å². The predicted molar refractivity (Wildman–Crippen MR) is 61.1 cm³/mol. The first-order valence-corrected chi connectivity index (χ1v) is 5.85. The largest absolute Gasteiger partial charge is 0.376 e. The third-order valence-corrected chi connectivity index (χ3v) is 2.83. The number of hydrogen-bond donors (Lipinski definition) is 2. The Morgan fingerprint density at radius 1 is 1.62 bits per heavy atom. The maximum absolute atomic E-state index is 11.5. The molecular weight excluding hydrogens is 204 g/mol. The van der Waals surface area contributed by atoms with E-state index in [1.165, 1.54) is 0 Å². The van der Waals surface area contributed by atoms with Gasteiger partial charge in [0.05, 0.1) is 6.10 Å². The molecule has 16 heavy (non-hydrogen) atoms. The van der Waals surface area contributed by atoms with Crippen LogP contribution in [0.1, 0.15) is 25.0 Å². The summed E-state index contributed by atoms with van der Waals surface area (Å²) in [6, 6.07) is 3.94. The molecule has 1 aromatic heterocycles. The smallest absolute Gasteiger partial charge is 0.220 e. The Kier molecular flexibility index (Phi) is 3.99. The number of carbonyl (C=O) groups is 1. The van der Waals surface area contributed by atoms with Gasteiger partial charge < -0.3 is 15.0 Å². The van der Waals surface area contributed by atoms with Crippen molar-refractivity contribution < 1.29 is 9.53 Å². The monoisotopic (exact) mass is 222 g/mol. The standard InChI is InChI=1S/C12H18N2O2/c15-12(6-5-10-3-1-7-13-10)14-9-11-4-2-8-16-11/h1,3,7,11,13H,2,4-6,8-9H2,(H,14,15). The minimum absolute atomic E-state index is 0.102. The van der Waals surface area contributed by atoms with E-state index in [1.807, 2.05) is 18.3 Å². The second-order valence-corrected chi connectivity index (χ2v) is 4.13. The van der Waals surface area contributed by atoms with Gasteiger partial charge in [-0.05, 0) is 31.4 Å². The summed E-state index contributed by atoms with van der Waals surface area (Å²) in [4.78, 5) is 14.6. The molecule has 0 aromatic carbocycles. The lowest BCUT2D eigenvalue weighted by atomic mass is 10.2. The Morgan fingerprint density at radius 2 is 2.56 bits per heavy atom. The molecule has 1 aliphatic rings. The van der Waals surface area contributed by atoms with Gasteiger partial charge in [-0.25, -0.2) is 0 Å². The Labute approximate surface area is 95.4 Å². The molecular formula is C12H18N2O2. The van der Waals surface area contributed by atoms with Gasteiger partial charge in [0.25, 0.3) is 0 Å². The molecule has 88 valence electrons. The number of H-pyrrole nitrogens is 1. The number of amides is 1. The van der Waals surface area contributed by atoms with Crippen molar-refractivity contribution in [2.24, 2.45) is 0 Å². The van der Waals surface area contributed by atoms with Crippen LogP contribution in [0.4, 0.5) is 0 Å². The maximum Gasteiger partial charge on any atom is 0.220 e. The number of aryl methyl sites for hydroxylation is 1. The van der Waals surface area contributed by atoms with Crippen LogP contribution in [0.3, 0.4) is 0 Å². The van der Waals surface area contributed by atoms with E-state index in [4.69, 9.17) is 4.74 Å². The highest BCUT2D eigenvalue weighted by atomic mass is 16.5. The normalized spacial score (nSPS) is 19.9. The van der Waals surface area contributed by atoms with Gasteiger partial charge in [-0.3, -0.25) is 4.79 Å². The van der Waals surface area contributed by atoms with Crippen molar-refractivity contribution in [1.82, 2.24) is 10.3 Å². The summed E-state index contributed by atoms with van der Waals surface area (Å²) in [7, 11) is 0. The quantitative estimate of drug-likeness (QED) is 0.787. The molecule has 0 radical (unpaired) electrons. The lowest BCUT2D eigenvalue weighted by Crippen LogP contribution is -2.31. The third-order valence-electron chi connectivity index (χ3n) is 2.83.